The van der Waals surface area contributed by atoms with E-state index in [1.807, 2.05) is 18.2 Å². The molecule has 0 saturated carbocycles. The number of ether oxygens (including phenoxy) is 1. The van der Waals surface area contributed by atoms with E-state index in [2.05, 4.69) is 41.3 Å². The minimum Gasteiger partial charge on any atom is -0.497 e. The highest BCUT2D eigenvalue weighted by atomic mass is 16.5. The molecule has 0 aliphatic carbocycles. The van der Waals surface area contributed by atoms with Crippen LogP contribution in [0.15, 0.2) is 60.7 Å². The average molecular weight is 307 g/mol. The van der Waals surface area contributed by atoms with Crippen molar-refractivity contribution in [2.24, 2.45) is 0 Å². The van der Waals surface area contributed by atoms with Gasteiger partial charge in [0.15, 0.2) is 0 Å². The minimum absolute atomic E-state index is 0.254. The molecule has 2 aromatic carbocycles. The van der Waals surface area contributed by atoms with Crippen molar-refractivity contribution in [2.75, 3.05) is 18.6 Å². The highest BCUT2D eigenvalue weighted by Crippen LogP contribution is 2.36. The molecule has 0 aromatic heterocycles. The Balaban J connectivity index is 1.94. The molecule has 1 unspecified atom stereocenters. The number of allylic oxidation sites excluding steroid dienone is 1. The lowest BCUT2D eigenvalue weighted by atomic mass is 9.90. The predicted molar refractivity (Wildman–Crippen MR) is 93.0 cm³/mol. The van der Waals surface area contributed by atoms with Crippen molar-refractivity contribution in [3.05, 3.63) is 71.8 Å². The number of fused-ring (bicyclic) bond motifs is 1. The molecule has 118 valence electrons. The Morgan fingerprint density at radius 1 is 1.17 bits per heavy atom. The van der Waals surface area contributed by atoms with Crippen molar-refractivity contribution in [3.8, 4) is 5.75 Å². The van der Waals surface area contributed by atoms with Gasteiger partial charge < -0.3 is 9.64 Å². The van der Waals surface area contributed by atoms with E-state index in [9.17, 15) is 4.79 Å². The minimum atomic E-state index is 0.254. The maximum absolute atomic E-state index is 10.6. The molecule has 1 aliphatic heterocycles. The first-order chi connectivity index (χ1) is 11.3. The van der Waals surface area contributed by atoms with Crippen LogP contribution >= 0.6 is 0 Å². The highest BCUT2D eigenvalue weighted by molar-refractivity contribution is 5.64. The Hall–Kier alpha value is -2.55. The standard InChI is InChI=1S/C20H21NO2/c1-23-18-11-9-17(10-12-18)21-14-13-16-6-2-3-7-19(16)20(21)8-4-5-15-22/h2-7,9-12,15,20H,8,13-14H2,1H3/b5-4+. The zero-order valence-electron chi connectivity index (χ0n) is 13.3. The monoisotopic (exact) mass is 307 g/mol. The van der Waals surface area contributed by atoms with Gasteiger partial charge in [-0.1, -0.05) is 30.3 Å². The van der Waals surface area contributed by atoms with Crippen LogP contribution in [0.3, 0.4) is 0 Å². The van der Waals surface area contributed by atoms with E-state index < -0.39 is 0 Å². The number of carbonyl (C=O) groups excluding carboxylic acids is 1. The maximum atomic E-state index is 10.6. The second-order valence-electron chi connectivity index (χ2n) is 5.66. The second kappa shape index (κ2) is 7.14. The van der Waals surface area contributed by atoms with Crippen LogP contribution in [-0.2, 0) is 11.2 Å². The van der Waals surface area contributed by atoms with Crippen molar-refractivity contribution in [3.63, 3.8) is 0 Å². The van der Waals surface area contributed by atoms with Crippen molar-refractivity contribution >= 4 is 12.0 Å². The fraction of sp³-hybridized carbons (Fsp3) is 0.250. The average Bonchev–Trinajstić information content (AvgIpc) is 2.62. The third-order valence-corrected chi connectivity index (χ3v) is 4.39. The molecule has 0 bridgehead atoms. The molecule has 1 atom stereocenters. The predicted octanol–water partition coefficient (Wildman–Crippen LogP) is 3.94. The van der Waals surface area contributed by atoms with Gasteiger partial charge in [-0.25, -0.2) is 0 Å². The lowest BCUT2D eigenvalue weighted by Crippen LogP contribution is -2.35. The summed E-state index contributed by atoms with van der Waals surface area (Å²) >= 11 is 0. The lowest BCUT2D eigenvalue weighted by molar-refractivity contribution is -0.104. The second-order valence-corrected chi connectivity index (χ2v) is 5.66. The number of methoxy groups -OCH3 is 1. The summed E-state index contributed by atoms with van der Waals surface area (Å²) in [4.78, 5) is 13.0. The summed E-state index contributed by atoms with van der Waals surface area (Å²) in [5.41, 5.74) is 3.94. The molecular formula is C20H21NO2. The Kier molecular flexibility index (Phi) is 4.77. The number of nitrogens with zero attached hydrogens (tertiary/aromatic N) is 1. The molecule has 2 aromatic rings. The van der Waals surface area contributed by atoms with Crippen LogP contribution in [0.1, 0.15) is 23.6 Å². The van der Waals surface area contributed by atoms with Crippen molar-refractivity contribution < 1.29 is 9.53 Å². The first-order valence-corrected chi connectivity index (χ1v) is 7.92. The molecule has 0 amide bonds. The van der Waals surface area contributed by atoms with Crippen LogP contribution in [0.5, 0.6) is 5.75 Å². The zero-order valence-corrected chi connectivity index (χ0v) is 13.3. The number of aldehydes is 1. The maximum Gasteiger partial charge on any atom is 0.142 e. The topological polar surface area (TPSA) is 29.5 Å². The molecule has 0 N–H and O–H groups in total. The quantitative estimate of drug-likeness (QED) is 0.619. The molecule has 0 radical (unpaired) electrons. The highest BCUT2D eigenvalue weighted by Gasteiger charge is 2.26. The molecule has 3 rings (SSSR count). The van der Waals surface area contributed by atoms with E-state index >= 15 is 0 Å². The summed E-state index contributed by atoms with van der Waals surface area (Å²) in [6, 6.07) is 17.0. The summed E-state index contributed by atoms with van der Waals surface area (Å²) < 4.78 is 5.25. The van der Waals surface area contributed by atoms with Gasteiger partial charge in [0.2, 0.25) is 0 Å². The molecule has 0 saturated heterocycles. The number of rotatable bonds is 5. The number of hydrogen-bond acceptors (Lipinski definition) is 3. The Bertz CT molecular complexity index is 691. The molecule has 0 fully saturated rings. The van der Waals surface area contributed by atoms with E-state index in [1.54, 1.807) is 13.2 Å². The summed E-state index contributed by atoms with van der Waals surface area (Å²) in [5, 5.41) is 0. The van der Waals surface area contributed by atoms with Gasteiger partial charge >= 0.3 is 0 Å². The van der Waals surface area contributed by atoms with Gasteiger partial charge in [0.25, 0.3) is 0 Å². The van der Waals surface area contributed by atoms with Gasteiger partial charge in [0, 0.05) is 12.2 Å². The van der Waals surface area contributed by atoms with Crippen molar-refractivity contribution in [1.82, 2.24) is 0 Å². The van der Waals surface area contributed by atoms with Crippen LogP contribution in [0, 0.1) is 0 Å². The van der Waals surface area contributed by atoms with E-state index in [0.717, 1.165) is 31.4 Å². The number of carbonyl (C=O) groups is 1. The van der Waals surface area contributed by atoms with Gasteiger partial charge in [-0.2, -0.15) is 0 Å². The molecular weight excluding hydrogens is 286 g/mol. The van der Waals surface area contributed by atoms with Crippen LogP contribution in [0.25, 0.3) is 0 Å². The molecule has 1 heterocycles. The van der Waals surface area contributed by atoms with Crippen LogP contribution < -0.4 is 9.64 Å². The number of hydrogen-bond donors (Lipinski definition) is 0. The van der Waals surface area contributed by atoms with Crippen LogP contribution in [0.4, 0.5) is 5.69 Å². The van der Waals surface area contributed by atoms with Gasteiger partial charge in [-0.15, -0.1) is 0 Å². The lowest BCUT2D eigenvalue weighted by Gasteiger charge is -2.39. The van der Waals surface area contributed by atoms with E-state index in [1.165, 1.54) is 16.8 Å². The van der Waals surface area contributed by atoms with Gasteiger partial charge in [-0.3, -0.25) is 4.79 Å². The summed E-state index contributed by atoms with van der Waals surface area (Å²) in [7, 11) is 1.68. The molecule has 3 nitrogen and oxygen atoms in total. The normalized spacial score (nSPS) is 17.1. The van der Waals surface area contributed by atoms with Crippen LogP contribution in [-0.4, -0.2) is 19.9 Å². The van der Waals surface area contributed by atoms with Crippen molar-refractivity contribution in [1.29, 1.82) is 0 Å². The van der Waals surface area contributed by atoms with Gasteiger partial charge in [0.05, 0.1) is 13.2 Å². The van der Waals surface area contributed by atoms with Gasteiger partial charge in [-0.05, 0) is 54.3 Å². The fourth-order valence-electron chi connectivity index (χ4n) is 3.25. The Morgan fingerprint density at radius 2 is 1.96 bits per heavy atom. The third kappa shape index (κ3) is 3.29. The first-order valence-electron chi connectivity index (χ1n) is 7.92. The van der Waals surface area contributed by atoms with Crippen LogP contribution in [0.2, 0.25) is 0 Å². The first kappa shape index (κ1) is 15.3. The summed E-state index contributed by atoms with van der Waals surface area (Å²) in [6.07, 6.45) is 6.24. The van der Waals surface area contributed by atoms with E-state index in [4.69, 9.17) is 4.74 Å². The molecule has 0 spiro atoms. The fourth-order valence-corrected chi connectivity index (χ4v) is 3.25. The van der Waals surface area contributed by atoms with E-state index in [-0.39, 0.29) is 6.04 Å². The smallest absolute Gasteiger partial charge is 0.142 e. The number of benzene rings is 2. The van der Waals surface area contributed by atoms with Gasteiger partial charge in [0.1, 0.15) is 12.0 Å². The SMILES string of the molecule is COc1ccc(N2CCc3ccccc3C2C/C=C/C=O)cc1. The Labute approximate surface area is 137 Å². The largest absolute Gasteiger partial charge is 0.497 e. The third-order valence-electron chi connectivity index (χ3n) is 4.39. The van der Waals surface area contributed by atoms with Crippen molar-refractivity contribution in [2.45, 2.75) is 18.9 Å². The summed E-state index contributed by atoms with van der Waals surface area (Å²) in [5.74, 6) is 0.864. The number of anilines is 1. The Morgan fingerprint density at radius 3 is 2.70 bits per heavy atom. The zero-order chi connectivity index (χ0) is 16.1. The molecule has 1 aliphatic rings. The molecule has 3 heteroatoms. The molecule has 23 heavy (non-hydrogen) atoms. The summed E-state index contributed by atoms with van der Waals surface area (Å²) in [6.45, 7) is 0.975. The van der Waals surface area contributed by atoms with E-state index in [0.29, 0.717) is 0 Å².